The van der Waals surface area contributed by atoms with Crippen LogP contribution in [0.15, 0.2) is 30.3 Å². The maximum Gasteiger partial charge on any atom is 0.433 e. The molecule has 0 unspecified atom stereocenters. The van der Waals surface area contributed by atoms with E-state index in [9.17, 15) is 35.2 Å². The van der Waals surface area contributed by atoms with Crippen LogP contribution in [0, 0.1) is 11.6 Å². The van der Waals surface area contributed by atoms with E-state index in [2.05, 4.69) is 15.6 Å². The normalized spacial score (nSPS) is 12.1. The Balaban J connectivity index is 2.12. The first-order valence-electron chi connectivity index (χ1n) is 9.54. The highest BCUT2D eigenvalue weighted by Gasteiger charge is 2.32. The number of benzene rings is 1. The molecular formula is C20H21F5N4O3S. The first-order valence-corrected chi connectivity index (χ1v) is 11.4. The lowest BCUT2D eigenvalue weighted by Crippen LogP contribution is -2.21. The number of nitrogens with zero attached hydrogens (tertiary/aromatic N) is 1. The van der Waals surface area contributed by atoms with Crippen molar-refractivity contribution in [3.63, 3.8) is 0 Å². The zero-order chi connectivity index (χ0) is 24.8. The second-order valence-corrected chi connectivity index (χ2v) is 8.66. The van der Waals surface area contributed by atoms with Crippen molar-refractivity contribution in [3.05, 3.63) is 58.8 Å². The molecule has 7 nitrogen and oxygen atoms in total. The number of anilines is 2. The number of hydrogen-bond acceptors (Lipinski definition) is 5. The van der Waals surface area contributed by atoms with E-state index in [1.807, 2.05) is 11.6 Å². The highest BCUT2D eigenvalue weighted by Crippen LogP contribution is 2.30. The van der Waals surface area contributed by atoms with E-state index in [4.69, 9.17) is 0 Å². The minimum Gasteiger partial charge on any atom is -0.370 e. The molecule has 33 heavy (non-hydrogen) atoms. The van der Waals surface area contributed by atoms with Crippen LogP contribution in [0.25, 0.3) is 6.08 Å². The molecule has 0 aliphatic heterocycles. The number of sulfonamides is 1. The summed E-state index contributed by atoms with van der Waals surface area (Å²) in [5.41, 5.74) is -1.68. The molecule has 2 aromatic rings. The molecule has 1 aromatic heterocycles. The third kappa shape index (κ3) is 8.00. The van der Waals surface area contributed by atoms with E-state index in [-0.39, 0.29) is 16.9 Å². The van der Waals surface area contributed by atoms with E-state index in [1.165, 1.54) is 6.08 Å². The second kappa shape index (κ2) is 10.6. The van der Waals surface area contributed by atoms with Crippen LogP contribution in [0.3, 0.4) is 0 Å². The molecule has 3 N–H and O–H groups in total. The number of halogens is 5. The molecule has 13 heteroatoms. The number of carbonyl (C=O) groups excluding carboxylic acids is 1. The quantitative estimate of drug-likeness (QED) is 0.364. The van der Waals surface area contributed by atoms with Crippen molar-refractivity contribution in [2.45, 2.75) is 26.1 Å². The molecule has 0 spiro atoms. The zero-order valence-electron chi connectivity index (χ0n) is 17.6. The van der Waals surface area contributed by atoms with Gasteiger partial charge in [0.15, 0.2) is 0 Å². The summed E-state index contributed by atoms with van der Waals surface area (Å²) in [5, 5.41) is 5.07. The fraction of sp³-hybridized carbons (Fsp3) is 0.300. The number of aromatic nitrogens is 1. The zero-order valence-corrected chi connectivity index (χ0v) is 18.4. The molecule has 0 bridgehead atoms. The highest BCUT2D eigenvalue weighted by atomic mass is 32.2. The molecule has 1 amide bonds. The summed E-state index contributed by atoms with van der Waals surface area (Å²) in [6.07, 6.45) is -0.984. The molecule has 0 aliphatic carbocycles. The number of pyridine rings is 1. The lowest BCUT2D eigenvalue weighted by atomic mass is 10.1. The Kier molecular flexibility index (Phi) is 8.36. The first-order chi connectivity index (χ1) is 15.3. The second-order valence-electron chi connectivity index (χ2n) is 6.91. The summed E-state index contributed by atoms with van der Waals surface area (Å²) in [4.78, 5) is 15.6. The lowest BCUT2D eigenvalue weighted by Gasteiger charge is -2.12. The molecule has 0 fully saturated rings. The van der Waals surface area contributed by atoms with Gasteiger partial charge < -0.3 is 10.6 Å². The van der Waals surface area contributed by atoms with Gasteiger partial charge in [-0.1, -0.05) is 6.92 Å². The maximum atomic E-state index is 14.1. The topological polar surface area (TPSA) is 100 Å². The van der Waals surface area contributed by atoms with Crippen LogP contribution in [0.2, 0.25) is 0 Å². The summed E-state index contributed by atoms with van der Waals surface area (Å²) in [6, 6.07) is 3.31. The third-order valence-corrected chi connectivity index (χ3v) is 4.65. The van der Waals surface area contributed by atoms with Gasteiger partial charge in [0.2, 0.25) is 15.9 Å². The third-order valence-electron chi connectivity index (χ3n) is 4.06. The Morgan fingerprint density at radius 1 is 1.15 bits per heavy atom. The maximum absolute atomic E-state index is 14.1. The van der Waals surface area contributed by atoms with Crippen LogP contribution in [0.5, 0.6) is 0 Å². The number of hydrogen-bond donors (Lipinski definition) is 3. The van der Waals surface area contributed by atoms with Gasteiger partial charge in [-0.25, -0.2) is 22.2 Å². The van der Waals surface area contributed by atoms with Gasteiger partial charge in [-0.2, -0.15) is 13.2 Å². The van der Waals surface area contributed by atoms with Crippen molar-refractivity contribution in [1.29, 1.82) is 0 Å². The van der Waals surface area contributed by atoms with Gasteiger partial charge in [-0.15, -0.1) is 0 Å². The minimum absolute atomic E-state index is 0.0576. The smallest absolute Gasteiger partial charge is 0.370 e. The monoisotopic (exact) mass is 492 g/mol. The van der Waals surface area contributed by atoms with Crippen molar-refractivity contribution in [2.75, 3.05) is 22.8 Å². The van der Waals surface area contributed by atoms with E-state index < -0.39 is 51.7 Å². The summed E-state index contributed by atoms with van der Waals surface area (Å²) in [6.45, 7) is 1.75. The van der Waals surface area contributed by atoms with Gasteiger partial charge in [0.05, 0.1) is 11.9 Å². The largest absolute Gasteiger partial charge is 0.433 e. The Hall–Kier alpha value is -3.22. The lowest BCUT2D eigenvalue weighted by molar-refractivity contribution is -0.141. The number of carbonyl (C=O) groups is 1. The van der Waals surface area contributed by atoms with E-state index in [1.54, 1.807) is 0 Å². The average Bonchev–Trinajstić information content (AvgIpc) is 2.70. The van der Waals surface area contributed by atoms with Crippen LogP contribution >= 0.6 is 0 Å². The molecule has 2 rings (SSSR count). The summed E-state index contributed by atoms with van der Waals surface area (Å²) in [5.74, 6) is -2.78. The van der Waals surface area contributed by atoms with E-state index >= 15 is 0 Å². The standard InChI is InChI=1S/C20H21F5N4O3S/c1-3-8-26-19-12(4-6-17(28-19)20(23,24)25)5-7-18(30)27-11-13-9-15(22)16(10-14(13)21)29-33(2,31)32/h4-7,9-10,29H,3,8,11H2,1-2H3,(H,26,28)(H,27,30)/b7-5+. The van der Waals surface area contributed by atoms with Crippen LogP contribution < -0.4 is 15.4 Å². The first kappa shape index (κ1) is 26.0. The Bertz CT molecular complexity index is 1150. The fourth-order valence-corrected chi connectivity index (χ4v) is 3.11. The molecule has 1 heterocycles. The predicted octanol–water partition coefficient (Wildman–Crippen LogP) is 3.90. The Labute approximate surface area is 187 Å². The van der Waals surface area contributed by atoms with Crippen molar-refractivity contribution in [3.8, 4) is 0 Å². The SMILES string of the molecule is CCCNc1nc(C(F)(F)F)ccc1/C=C/C(=O)NCc1cc(F)c(NS(C)(=O)=O)cc1F. The van der Waals surface area contributed by atoms with Crippen molar-refractivity contribution in [2.24, 2.45) is 0 Å². The number of nitrogens with one attached hydrogen (secondary N) is 3. The highest BCUT2D eigenvalue weighted by molar-refractivity contribution is 7.92. The average molecular weight is 492 g/mol. The fourth-order valence-electron chi connectivity index (χ4n) is 2.56. The van der Waals surface area contributed by atoms with Crippen LogP contribution in [0.1, 0.15) is 30.2 Å². The molecule has 0 saturated carbocycles. The summed E-state index contributed by atoms with van der Waals surface area (Å²) < 4.78 is 91.0. The van der Waals surface area contributed by atoms with Crippen LogP contribution in [-0.4, -0.2) is 32.1 Å². The molecule has 0 atom stereocenters. The predicted molar refractivity (Wildman–Crippen MR) is 114 cm³/mol. The van der Waals surface area contributed by atoms with E-state index in [0.29, 0.717) is 19.0 Å². The molecule has 180 valence electrons. The van der Waals surface area contributed by atoms with E-state index in [0.717, 1.165) is 30.5 Å². The van der Waals surface area contributed by atoms with Crippen molar-refractivity contribution < 1.29 is 35.2 Å². The van der Waals surface area contributed by atoms with Gasteiger partial charge in [-0.05, 0) is 30.7 Å². The number of amides is 1. The van der Waals surface area contributed by atoms with Gasteiger partial charge in [0, 0.05) is 36.4 Å². The van der Waals surface area contributed by atoms with Gasteiger partial charge in [0.1, 0.15) is 23.1 Å². The van der Waals surface area contributed by atoms with Crippen LogP contribution in [0.4, 0.5) is 33.5 Å². The Morgan fingerprint density at radius 2 is 1.85 bits per heavy atom. The van der Waals surface area contributed by atoms with Gasteiger partial charge in [-0.3, -0.25) is 9.52 Å². The molecule has 0 aliphatic rings. The van der Waals surface area contributed by atoms with Crippen LogP contribution in [-0.2, 0) is 27.5 Å². The number of rotatable bonds is 9. The molecular weight excluding hydrogens is 471 g/mol. The minimum atomic E-state index is -4.63. The molecule has 0 saturated heterocycles. The van der Waals surface area contributed by atoms with Gasteiger partial charge in [0.25, 0.3) is 0 Å². The molecule has 1 aromatic carbocycles. The number of alkyl halides is 3. The summed E-state index contributed by atoms with van der Waals surface area (Å²) >= 11 is 0. The van der Waals surface area contributed by atoms with Crippen molar-refractivity contribution in [1.82, 2.24) is 10.3 Å². The molecule has 0 radical (unpaired) electrons. The van der Waals surface area contributed by atoms with Gasteiger partial charge >= 0.3 is 6.18 Å². The Morgan fingerprint density at radius 3 is 2.45 bits per heavy atom. The summed E-state index contributed by atoms with van der Waals surface area (Å²) in [7, 11) is -3.82. The van der Waals surface area contributed by atoms with Crippen molar-refractivity contribution >= 4 is 33.5 Å².